The van der Waals surface area contributed by atoms with Gasteiger partial charge in [-0.15, -0.1) is 35.3 Å². The van der Waals surface area contributed by atoms with Crippen LogP contribution in [0.5, 0.6) is 0 Å². The number of allylic oxidation sites excluding steroid dienone is 5. The number of thiophene rings is 2. The standard InChI is InChI=1S/C20H18S3/c1-4-5-6-7-13(2)20-19(21)16-10-9-15(12-18(16)23-20)17-11-8-14(3)22-17/h4-12,21H,1H2,2-3H3/b6-5-,13-7+. The topological polar surface area (TPSA) is 0 Å². The zero-order valence-electron chi connectivity index (χ0n) is 13.2. The van der Waals surface area contributed by atoms with Gasteiger partial charge < -0.3 is 0 Å². The van der Waals surface area contributed by atoms with E-state index in [1.54, 1.807) is 17.4 Å². The quantitative estimate of drug-likeness (QED) is 0.367. The maximum absolute atomic E-state index is 4.75. The average molecular weight is 355 g/mol. The van der Waals surface area contributed by atoms with E-state index in [0.717, 1.165) is 4.90 Å². The molecule has 0 bridgehead atoms. The summed E-state index contributed by atoms with van der Waals surface area (Å²) in [6, 6.07) is 11.0. The number of fused-ring (bicyclic) bond motifs is 1. The van der Waals surface area contributed by atoms with Crippen molar-refractivity contribution in [2.45, 2.75) is 18.7 Å². The molecular weight excluding hydrogens is 336 g/mol. The van der Waals surface area contributed by atoms with Crippen molar-refractivity contribution in [1.29, 1.82) is 0 Å². The first-order valence-electron chi connectivity index (χ1n) is 7.39. The molecule has 2 heterocycles. The lowest BCUT2D eigenvalue weighted by molar-refractivity contribution is 1.56. The largest absolute Gasteiger partial charge is 0.141 e. The van der Waals surface area contributed by atoms with E-state index in [4.69, 9.17) is 12.6 Å². The second-order valence-electron chi connectivity index (χ2n) is 5.37. The molecule has 0 saturated heterocycles. The van der Waals surface area contributed by atoms with Crippen LogP contribution in [0.15, 0.2) is 66.1 Å². The van der Waals surface area contributed by atoms with Crippen LogP contribution in [0.2, 0.25) is 0 Å². The minimum absolute atomic E-state index is 1.07. The molecule has 0 aliphatic carbocycles. The maximum Gasteiger partial charge on any atom is 0.0445 e. The molecule has 0 aliphatic heterocycles. The van der Waals surface area contributed by atoms with Gasteiger partial charge in [-0.3, -0.25) is 0 Å². The van der Waals surface area contributed by atoms with Crippen molar-refractivity contribution in [1.82, 2.24) is 0 Å². The first kappa shape index (κ1) is 16.3. The summed E-state index contributed by atoms with van der Waals surface area (Å²) in [6.45, 7) is 7.97. The van der Waals surface area contributed by atoms with Crippen LogP contribution in [0.3, 0.4) is 0 Å². The third kappa shape index (κ3) is 3.37. The van der Waals surface area contributed by atoms with E-state index in [1.807, 2.05) is 23.5 Å². The van der Waals surface area contributed by atoms with Gasteiger partial charge in [0.15, 0.2) is 0 Å². The van der Waals surface area contributed by atoms with Gasteiger partial charge in [-0.1, -0.05) is 43.0 Å². The average Bonchev–Trinajstić information content (AvgIpc) is 3.11. The Kier molecular flexibility index (Phi) is 4.90. The summed E-state index contributed by atoms with van der Waals surface area (Å²) in [6.07, 6.45) is 7.84. The Bertz CT molecular complexity index is 920. The van der Waals surface area contributed by atoms with E-state index in [0.29, 0.717) is 0 Å². The molecule has 0 nitrogen and oxygen atoms in total. The van der Waals surface area contributed by atoms with Crippen molar-refractivity contribution in [2.75, 3.05) is 0 Å². The normalized spacial score (nSPS) is 12.4. The molecule has 23 heavy (non-hydrogen) atoms. The van der Waals surface area contributed by atoms with Crippen LogP contribution in [0, 0.1) is 6.92 Å². The van der Waals surface area contributed by atoms with E-state index in [1.165, 1.54) is 35.9 Å². The van der Waals surface area contributed by atoms with Crippen molar-refractivity contribution in [3.63, 3.8) is 0 Å². The van der Waals surface area contributed by atoms with Crippen LogP contribution in [0.1, 0.15) is 16.7 Å². The third-order valence-corrected chi connectivity index (χ3v) is 6.59. The van der Waals surface area contributed by atoms with Crippen LogP contribution in [-0.4, -0.2) is 0 Å². The number of hydrogen-bond acceptors (Lipinski definition) is 3. The van der Waals surface area contributed by atoms with Crippen LogP contribution in [0.25, 0.3) is 26.1 Å². The molecule has 0 unspecified atom stereocenters. The molecule has 0 saturated carbocycles. The van der Waals surface area contributed by atoms with Gasteiger partial charge in [0.1, 0.15) is 0 Å². The lowest BCUT2D eigenvalue weighted by atomic mass is 10.1. The molecule has 0 amide bonds. The fraction of sp³-hybridized carbons (Fsp3) is 0.100. The Morgan fingerprint density at radius 2 is 1.96 bits per heavy atom. The lowest BCUT2D eigenvalue weighted by Crippen LogP contribution is -1.74. The summed E-state index contributed by atoms with van der Waals surface area (Å²) in [5, 5.41) is 1.23. The second-order valence-corrected chi connectivity index (χ2v) is 8.16. The first-order chi connectivity index (χ1) is 11.1. The van der Waals surface area contributed by atoms with Crippen LogP contribution >= 0.6 is 35.3 Å². The van der Waals surface area contributed by atoms with Crippen molar-refractivity contribution in [2.24, 2.45) is 0 Å². The fourth-order valence-electron chi connectivity index (χ4n) is 2.45. The predicted octanol–water partition coefficient (Wildman–Crippen LogP) is 7.37. The van der Waals surface area contributed by atoms with Crippen molar-refractivity contribution in [3.8, 4) is 10.4 Å². The Morgan fingerprint density at radius 1 is 1.13 bits per heavy atom. The molecule has 116 valence electrons. The van der Waals surface area contributed by atoms with Crippen molar-refractivity contribution >= 4 is 51.0 Å². The van der Waals surface area contributed by atoms with Gasteiger partial charge in [-0.05, 0) is 43.2 Å². The number of benzene rings is 1. The van der Waals surface area contributed by atoms with E-state index >= 15 is 0 Å². The summed E-state index contributed by atoms with van der Waals surface area (Å²) < 4.78 is 1.29. The molecule has 0 fully saturated rings. The van der Waals surface area contributed by atoms with Gasteiger partial charge in [0, 0.05) is 29.6 Å². The van der Waals surface area contributed by atoms with Crippen LogP contribution < -0.4 is 0 Å². The molecule has 3 aromatic rings. The fourth-order valence-corrected chi connectivity index (χ4v) is 5.02. The Labute approximate surface area is 150 Å². The molecule has 0 spiro atoms. The van der Waals surface area contributed by atoms with E-state index in [-0.39, 0.29) is 0 Å². The van der Waals surface area contributed by atoms with Gasteiger partial charge >= 0.3 is 0 Å². The molecule has 1 aromatic carbocycles. The highest BCUT2D eigenvalue weighted by Gasteiger charge is 2.12. The molecule has 0 aliphatic rings. The minimum Gasteiger partial charge on any atom is -0.141 e. The highest BCUT2D eigenvalue weighted by molar-refractivity contribution is 7.81. The number of hydrogen-bond donors (Lipinski definition) is 1. The van der Waals surface area contributed by atoms with Gasteiger partial charge in [-0.2, -0.15) is 0 Å². The zero-order valence-corrected chi connectivity index (χ0v) is 15.7. The zero-order chi connectivity index (χ0) is 16.4. The highest BCUT2D eigenvalue weighted by atomic mass is 32.1. The molecule has 0 radical (unpaired) electrons. The summed E-state index contributed by atoms with van der Waals surface area (Å²) >= 11 is 8.39. The van der Waals surface area contributed by atoms with Crippen LogP contribution in [-0.2, 0) is 0 Å². The summed E-state index contributed by atoms with van der Waals surface area (Å²) in [7, 11) is 0. The van der Waals surface area contributed by atoms with Gasteiger partial charge in [0.2, 0.25) is 0 Å². The van der Waals surface area contributed by atoms with Gasteiger partial charge in [-0.25, -0.2) is 0 Å². The van der Waals surface area contributed by atoms with Gasteiger partial charge in [0.25, 0.3) is 0 Å². The summed E-state index contributed by atoms with van der Waals surface area (Å²) in [5.74, 6) is 0. The molecule has 0 N–H and O–H groups in total. The smallest absolute Gasteiger partial charge is 0.0445 e. The summed E-state index contributed by atoms with van der Waals surface area (Å²) in [4.78, 5) is 4.96. The van der Waals surface area contributed by atoms with E-state index in [2.05, 4.69) is 56.8 Å². The third-order valence-electron chi connectivity index (χ3n) is 3.64. The molecule has 2 aromatic heterocycles. The Hall–Kier alpha value is -1.55. The highest BCUT2D eigenvalue weighted by Crippen LogP contribution is 2.40. The van der Waals surface area contributed by atoms with E-state index < -0.39 is 0 Å². The van der Waals surface area contributed by atoms with Crippen LogP contribution in [0.4, 0.5) is 0 Å². The van der Waals surface area contributed by atoms with Crippen molar-refractivity contribution < 1.29 is 0 Å². The number of rotatable bonds is 4. The lowest BCUT2D eigenvalue weighted by Gasteiger charge is -1.98. The monoisotopic (exact) mass is 354 g/mol. The number of thiol groups is 1. The second kappa shape index (κ2) is 6.91. The Balaban J connectivity index is 2.06. The first-order valence-corrected chi connectivity index (χ1v) is 9.47. The Morgan fingerprint density at radius 3 is 2.65 bits per heavy atom. The number of aryl methyl sites for hydroxylation is 1. The SMILES string of the molecule is C=C/C=C\C=C(/C)c1sc2cc(-c3ccc(C)s3)ccc2c1S. The minimum atomic E-state index is 1.07. The van der Waals surface area contributed by atoms with Gasteiger partial charge in [0.05, 0.1) is 0 Å². The molecule has 0 atom stereocenters. The van der Waals surface area contributed by atoms with E-state index in [9.17, 15) is 0 Å². The molecular formula is C20H18S3. The summed E-state index contributed by atoms with van der Waals surface area (Å²) in [5.41, 5.74) is 2.51. The maximum atomic E-state index is 4.75. The predicted molar refractivity (Wildman–Crippen MR) is 110 cm³/mol. The van der Waals surface area contributed by atoms with Crippen molar-refractivity contribution in [3.05, 3.63) is 71.0 Å². The molecule has 3 rings (SSSR count). The molecule has 3 heteroatoms.